The average Bonchev–Trinajstić information content (AvgIpc) is 2.47. The number of hydrogen-bond donors (Lipinski definition) is 2. The topological polar surface area (TPSA) is 59.6 Å². The highest BCUT2D eigenvalue weighted by molar-refractivity contribution is 9.10. The van der Waals surface area contributed by atoms with E-state index in [0.717, 1.165) is 21.5 Å². The fraction of sp³-hybridized carbons (Fsp3) is 0.133. The first kappa shape index (κ1) is 15.7. The molecule has 0 aromatic heterocycles. The molecule has 2 aromatic rings. The maximum absolute atomic E-state index is 6.13. The molecular formula is C15H15BrClN3O. The first-order chi connectivity index (χ1) is 10.1. The van der Waals surface area contributed by atoms with Crippen molar-refractivity contribution >= 4 is 39.2 Å². The number of halogens is 2. The second-order valence-corrected chi connectivity index (χ2v) is 5.61. The number of benzene rings is 2. The van der Waals surface area contributed by atoms with Gasteiger partial charge in [-0.1, -0.05) is 33.6 Å². The Bertz CT molecular complexity index is 644. The first-order valence-corrected chi connectivity index (χ1v) is 7.40. The number of methoxy groups -OCH3 is 1. The molecule has 0 spiro atoms. The summed E-state index contributed by atoms with van der Waals surface area (Å²) in [5, 5.41) is 3.67. The fourth-order valence-electron chi connectivity index (χ4n) is 1.68. The van der Waals surface area contributed by atoms with E-state index >= 15 is 0 Å². The van der Waals surface area contributed by atoms with E-state index in [9.17, 15) is 0 Å². The van der Waals surface area contributed by atoms with Crippen LogP contribution in [0, 0.1) is 0 Å². The van der Waals surface area contributed by atoms with Crippen molar-refractivity contribution in [3.63, 3.8) is 0 Å². The second kappa shape index (κ2) is 7.33. The Morgan fingerprint density at radius 1 is 1.29 bits per heavy atom. The smallest absolute Gasteiger partial charge is 0.193 e. The van der Waals surface area contributed by atoms with Crippen LogP contribution in [0.4, 0.5) is 5.69 Å². The summed E-state index contributed by atoms with van der Waals surface area (Å²) in [7, 11) is 1.63. The predicted octanol–water partition coefficient (Wildman–Crippen LogP) is 4.04. The number of rotatable bonds is 4. The summed E-state index contributed by atoms with van der Waals surface area (Å²) in [5.41, 5.74) is 7.62. The minimum absolute atomic E-state index is 0.333. The number of aliphatic imine (C=N–C) groups is 1. The van der Waals surface area contributed by atoms with Crippen LogP contribution in [0.3, 0.4) is 0 Å². The molecule has 0 saturated heterocycles. The summed E-state index contributed by atoms with van der Waals surface area (Å²) < 4.78 is 6.03. The van der Waals surface area contributed by atoms with Gasteiger partial charge in [0.2, 0.25) is 0 Å². The molecule has 4 nitrogen and oxygen atoms in total. The zero-order chi connectivity index (χ0) is 15.2. The molecule has 0 unspecified atom stereocenters. The first-order valence-electron chi connectivity index (χ1n) is 6.23. The molecule has 3 N–H and O–H groups in total. The van der Waals surface area contributed by atoms with Crippen LogP contribution < -0.4 is 15.8 Å². The van der Waals surface area contributed by atoms with E-state index in [1.165, 1.54) is 0 Å². The van der Waals surface area contributed by atoms with Gasteiger partial charge in [-0.25, -0.2) is 4.99 Å². The van der Waals surface area contributed by atoms with Gasteiger partial charge in [-0.05, 0) is 42.0 Å². The highest BCUT2D eigenvalue weighted by Gasteiger charge is 2.01. The molecule has 0 aliphatic rings. The van der Waals surface area contributed by atoms with Gasteiger partial charge < -0.3 is 15.8 Å². The van der Waals surface area contributed by atoms with Crippen LogP contribution in [-0.2, 0) is 6.54 Å². The van der Waals surface area contributed by atoms with E-state index in [0.29, 0.717) is 17.5 Å². The van der Waals surface area contributed by atoms with Gasteiger partial charge in [0, 0.05) is 15.2 Å². The predicted molar refractivity (Wildman–Crippen MR) is 91.1 cm³/mol. The Labute approximate surface area is 137 Å². The number of guanidine groups is 1. The molecule has 0 fully saturated rings. The Hall–Kier alpha value is -1.72. The summed E-state index contributed by atoms with van der Waals surface area (Å²) in [5.74, 6) is 1.12. The van der Waals surface area contributed by atoms with Crippen LogP contribution in [0.5, 0.6) is 5.75 Å². The number of anilines is 1. The van der Waals surface area contributed by atoms with Crippen molar-refractivity contribution < 1.29 is 4.74 Å². The molecule has 0 heterocycles. The Morgan fingerprint density at radius 3 is 2.62 bits per heavy atom. The number of nitrogens with one attached hydrogen (secondary N) is 1. The summed E-state index contributed by atoms with van der Waals surface area (Å²) in [6.45, 7) is 0.418. The zero-order valence-corrected chi connectivity index (χ0v) is 13.8. The van der Waals surface area contributed by atoms with Crippen molar-refractivity contribution in [2.45, 2.75) is 6.54 Å². The number of nitrogens with zero attached hydrogens (tertiary/aromatic N) is 1. The van der Waals surface area contributed by atoms with Crippen molar-refractivity contribution in [1.29, 1.82) is 0 Å². The third-order valence-corrected chi connectivity index (χ3v) is 3.64. The summed E-state index contributed by atoms with van der Waals surface area (Å²) in [6, 6.07) is 13.1. The highest BCUT2D eigenvalue weighted by Crippen LogP contribution is 2.22. The van der Waals surface area contributed by atoms with Gasteiger partial charge >= 0.3 is 0 Å². The van der Waals surface area contributed by atoms with Gasteiger partial charge in [0.1, 0.15) is 5.75 Å². The average molecular weight is 369 g/mol. The minimum atomic E-state index is 0.333. The van der Waals surface area contributed by atoms with Crippen molar-refractivity contribution in [3.8, 4) is 5.75 Å². The maximum atomic E-state index is 6.13. The van der Waals surface area contributed by atoms with E-state index < -0.39 is 0 Å². The van der Waals surface area contributed by atoms with Gasteiger partial charge in [-0.3, -0.25) is 0 Å². The summed E-state index contributed by atoms with van der Waals surface area (Å²) in [4.78, 5) is 4.28. The molecule has 21 heavy (non-hydrogen) atoms. The lowest BCUT2D eigenvalue weighted by Crippen LogP contribution is -2.22. The third-order valence-electron chi connectivity index (χ3n) is 2.80. The molecule has 2 aromatic carbocycles. The molecule has 0 aliphatic heterocycles. The summed E-state index contributed by atoms with van der Waals surface area (Å²) in [6.07, 6.45) is 0. The lowest BCUT2D eigenvalue weighted by Gasteiger charge is -2.07. The molecule has 0 radical (unpaired) electrons. The van der Waals surface area contributed by atoms with Gasteiger partial charge in [-0.15, -0.1) is 0 Å². The quantitative estimate of drug-likeness (QED) is 0.632. The zero-order valence-electron chi connectivity index (χ0n) is 11.4. The van der Waals surface area contributed by atoms with Crippen molar-refractivity contribution in [2.75, 3.05) is 12.4 Å². The van der Waals surface area contributed by atoms with E-state index in [2.05, 4.69) is 26.2 Å². The Morgan fingerprint density at radius 2 is 2.00 bits per heavy atom. The van der Waals surface area contributed by atoms with Crippen LogP contribution in [0.1, 0.15) is 5.56 Å². The lowest BCUT2D eigenvalue weighted by molar-refractivity contribution is 0.415. The normalized spacial score (nSPS) is 11.3. The molecule has 6 heteroatoms. The monoisotopic (exact) mass is 367 g/mol. The maximum Gasteiger partial charge on any atom is 0.193 e. The van der Waals surface area contributed by atoms with E-state index in [-0.39, 0.29) is 0 Å². The molecule has 0 bridgehead atoms. The number of hydrogen-bond acceptors (Lipinski definition) is 2. The molecule has 0 aliphatic carbocycles. The van der Waals surface area contributed by atoms with Crippen molar-refractivity contribution in [3.05, 3.63) is 57.5 Å². The van der Waals surface area contributed by atoms with Crippen LogP contribution in [0.15, 0.2) is 51.9 Å². The standard InChI is InChI=1S/C15H15BrClN3O/c1-21-13-6-4-12(5-7-13)20-15(18)19-9-10-2-3-11(16)8-14(10)17/h2-8H,9H2,1H3,(H3,18,19,20). The molecular weight excluding hydrogens is 354 g/mol. The van der Waals surface area contributed by atoms with Crippen LogP contribution in [0.2, 0.25) is 5.02 Å². The Balaban J connectivity index is 2.00. The van der Waals surface area contributed by atoms with Crippen molar-refractivity contribution in [1.82, 2.24) is 0 Å². The highest BCUT2D eigenvalue weighted by atomic mass is 79.9. The van der Waals surface area contributed by atoms with Gasteiger partial charge in [0.15, 0.2) is 5.96 Å². The van der Waals surface area contributed by atoms with Crippen molar-refractivity contribution in [2.24, 2.45) is 10.7 Å². The molecule has 0 atom stereocenters. The molecule has 0 saturated carbocycles. The Kier molecular flexibility index (Phi) is 5.47. The molecule has 110 valence electrons. The van der Waals surface area contributed by atoms with Gasteiger partial charge in [0.05, 0.1) is 13.7 Å². The van der Waals surface area contributed by atoms with E-state index in [1.807, 2.05) is 42.5 Å². The molecule has 0 amide bonds. The van der Waals surface area contributed by atoms with Gasteiger partial charge in [-0.2, -0.15) is 0 Å². The largest absolute Gasteiger partial charge is 0.497 e. The molecule has 2 rings (SSSR count). The van der Waals surface area contributed by atoms with Crippen LogP contribution >= 0.6 is 27.5 Å². The lowest BCUT2D eigenvalue weighted by atomic mass is 10.2. The van der Waals surface area contributed by atoms with Gasteiger partial charge in [0.25, 0.3) is 0 Å². The third kappa shape index (κ3) is 4.65. The number of ether oxygens (including phenoxy) is 1. The van der Waals surface area contributed by atoms with E-state index in [1.54, 1.807) is 7.11 Å². The summed E-state index contributed by atoms with van der Waals surface area (Å²) >= 11 is 9.50. The fourth-order valence-corrected chi connectivity index (χ4v) is 2.42. The SMILES string of the molecule is COc1ccc(NC(N)=NCc2ccc(Br)cc2Cl)cc1. The van der Waals surface area contributed by atoms with E-state index in [4.69, 9.17) is 22.1 Å². The minimum Gasteiger partial charge on any atom is -0.497 e. The van der Waals surface area contributed by atoms with Crippen LogP contribution in [0.25, 0.3) is 0 Å². The number of nitrogens with two attached hydrogens (primary N) is 1. The van der Waals surface area contributed by atoms with Crippen LogP contribution in [-0.4, -0.2) is 13.1 Å². The second-order valence-electron chi connectivity index (χ2n) is 4.29.